The molecule has 0 fully saturated rings. The molecule has 7 heteroatoms. The molecule has 0 aromatic heterocycles. The zero-order valence-corrected chi connectivity index (χ0v) is 6.56. The van der Waals surface area contributed by atoms with Gasteiger partial charge in [0.15, 0.2) is 0 Å². The van der Waals surface area contributed by atoms with Crippen LogP contribution in [0.25, 0.3) is 0 Å². The van der Waals surface area contributed by atoms with Crippen molar-refractivity contribution < 1.29 is 27.5 Å². The minimum absolute atomic E-state index is 0.720. The van der Waals surface area contributed by atoms with Gasteiger partial charge in [-0.05, 0) is 0 Å². The van der Waals surface area contributed by atoms with Gasteiger partial charge < -0.3 is 14.3 Å². The molecule has 0 saturated heterocycles. The number of hydrogen-bond acceptors (Lipinski definition) is 3. The van der Waals surface area contributed by atoms with Gasteiger partial charge in [0.2, 0.25) is 0 Å². The van der Waals surface area contributed by atoms with Crippen molar-refractivity contribution in [3.8, 4) is 0 Å². The molecular weight excluding hydrogens is 184 g/mol. The lowest BCUT2D eigenvalue weighted by molar-refractivity contribution is -0.176. The number of alkyl halides is 3. The van der Waals surface area contributed by atoms with Crippen LogP contribution in [0.5, 0.6) is 0 Å². The second-order valence-electron chi connectivity index (χ2n) is 1.99. The smallest absolute Gasteiger partial charge is 0.328 e. The number of rotatable bonds is 3. The van der Waals surface area contributed by atoms with E-state index in [-0.39, 0.29) is 0 Å². The predicted octanol–water partition coefficient (Wildman–Crippen LogP) is 1.41. The zero-order chi connectivity index (χ0) is 9.07. The second-order valence-corrected chi connectivity index (χ2v) is 2.75. The Bertz CT molecular complexity index is 116. The lowest BCUT2D eigenvalue weighted by Crippen LogP contribution is -2.23. The molecule has 1 atom stereocenters. The molecule has 0 aromatic rings. The predicted molar refractivity (Wildman–Crippen MR) is 32.5 cm³/mol. The Labute approximate surface area is 62.8 Å². The highest BCUT2D eigenvalue weighted by molar-refractivity contribution is 7.39. The summed E-state index contributed by atoms with van der Waals surface area (Å²) in [5.41, 5.74) is 0. The Morgan fingerprint density at radius 1 is 1.45 bits per heavy atom. The molecule has 0 aliphatic heterocycles. The van der Waals surface area contributed by atoms with Crippen LogP contribution in [-0.4, -0.2) is 22.6 Å². The molecule has 0 amide bonds. The maximum absolute atomic E-state index is 11.7. The first-order chi connectivity index (χ1) is 4.84. The minimum atomic E-state index is -4.34. The minimum Gasteiger partial charge on any atom is -0.328 e. The summed E-state index contributed by atoms with van der Waals surface area (Å²) < 4.78 is 39.0. The van der Waals surface area contributed by atoms with Gasteiger partial charge in [-0.25, -0.2) is 0 Å². The van der Waals surface area contributed by atoms with Crippen molar-refractivity contribution >= 4 is 8.60 Å². The molecule has 0 aliphatic rings. The van der Waals surface area contributed by atoms with Gasteiger partial charge in [-0.2, -0.15) is 13.2 Å². The summed E-state index contributed by atoms with van der Waals surface area (Å²) >= 11 is 0. The van der Waals surface area contributed by atoms with Gasteiger partial charge in [0.1, 0.15) is 0 Å². The lowest BCUT2D eigenvalue weighted by atomic mass is 10.2. The van der Waals surface area contributed by atoms with Crippen LogP contribution >= 0.6 is 8.60 Å². The Kier molecular flexibility index (Phi) is 4.25. The third-order valence-corrected chi connectivity index (χ3v) is 1.38. The van der Waals surface area contributed by atoms with Gasteiger partial charge in [-0.3, -0.25) is 0 Å². The first-order valence-electron chi connectivity index (χ1n) is 2.71. The van der Waals surface area contributed by atoms with Gasteiger partial charge in [-0.15, -0.1) is 0 Å². The normalized spacial score (nSPS) is 15.5. The molecule has 0 rings (SSSR count). The summed E-state index contributed by atoms with van der Waals surface area (Å²) in [6, 6.07) is 0. The summed E-state index contributed by atoms with van der Waals surface area (Å²) in [6.07, 6.45) is -4.34. The highest BCUT2D eigenvalue weighted by Crippen LogP contribution is 2.31. The van der Waals surface area contributed by atoms with E-state index in [4.69, 9.17) is 9.79 Å². The third-order valence-electron chi connectivity index (χ3n) is 0.999. The van der Waals surface area contributed by atoms with E-state index in [1.807, 2.05) is 0 Å². The van der Waals surface area contributed by atoms with E-state index in [1.165, 1.54) is 0 Å². The van der Waals surface area contributed by atoms with Crippen LogP contribution in [0.2, 0.25) is 0 Å². The monoisotopic (exact) mass is 192 g/mol. The molecule has 0 bridgehead atoms. The molecule has 0 radical (unpaired) electrons. The van der Waals surface area contributed by atoms with Crippen LogP contribution in [0.3, 0.4) is 0 Å². The van der Waals surface area contributed by atoms with Crippen molar-refractivity contribution in [1.29, 1.82) is 0 Å². The SMILES string of the molecule is CC(COP(O)O)C(F)(F)F. The molecule has 2 N–H and O–H groups in total. The maximum atomic E-state index is 11.7. The van der Waals surface area contributed by atoms with E-state index in [2.05, 4.69) is 4.52 Å². The van der Waals surface area contributed by atoms with Gasteiger partial charge in [0.25, 0.3) is 0 Å². The van der Waals surface area contributed by atoms with Gasteiger partial charge >= 0.3 is 14.8 Å². The highest BCUT2D eigenvalue weighted by Gasteiger charge is 2.36. The van der Waals surface area contributed by atoms with Crippen LogP contribution in [0, 0.1) is 5.92 Å². The van der Waals surface area contributed by atoms with Crippen molar-refractivity contribution in [2.24, 2.45) is 5.92 Å². The summed E-state index contributed by atoms with van der Waals surface area (Å²) in [5.74, 6) is -1.67. The topological polar surface area (TPSA) is 49.7 Å². The quantitative estimate of drug-likeness (QED) is 0.664. The van der Waals surface area contributed by atoms with E-state index in [0.29, 0.717) is 0 Å². The summed E-state index contributed by atoms with van der Waals surface area (Å²) in [4.78, 5) is 16.2. The Balaban J connectivity index is 3.61. The van der Waals surface area contributed by atoms with E-state index >= 15 is 0 Å². The molecule has 0 heterocycles. The van der Waals surface area contributed by atoms with Gasteiger partial charge in [-0.1, -0.05) is 6.92 Å². The fraction of sp³-hybridized carbons (Fsp3) is 1.00. The molecule has 1 unspecified atom stereocenters. The zero-order valence-electron chi connectivity index (χ0n) is 5.67. The summed E-state index contributed by atoms with van der Waals surface area (Å²) in [6.45, 7) is 0.182. The summed E-state index contributed by atoms with van der Waals surface area (Å²) in [7, 11) is -2.68. The molecular formula is C4H8F3O3P. The molecule has 0 aromatic carbocycles. The molecule has 0 aliphatic carbocycles. The fourth-order valence-corrected chi connectivity index (χ4v) is 0.630. The Morgan fingerprint density at radius 3 is 2.18 bits per heavy atom. The average Bonchev–Trinajstić information content (AvgIpc) is 1.80. The van der Waals surface area contributed by atoms with Crippen LogP contribution in [0.15, 0.2) is 0 Å². The molecule has 11 heavy (non-hydrogen) atoms. The van der Waals surface area contributed by atoms with Crippen molar-refractivity contribution in [3.63, 3.8) is 0 Å². The Morgan fingerprint density at radius 2 is 1.91 bits per heavy atom. The van der Waals surface area contributed by atoms with Crippen molar-refractivity contribution in [2.45, 2.75) is 13.1 Å². The van der Waals surface area contributed by atoms with Crippen molar-refractivity contribution in [1.82, 2.24) is 0 Å². The van der Waals surface area contributed by atoms with E-state index in [1.54, 1.807) is 0 Å². The van der Waals surface area contributed by atoms with Crippen molar-refractivity contribution in [2.75, 3.05) is 6.61 Å². The molecule has 0 spiro atoms. The lowest BCUT2D eigenvalue weighted by Gasteiger charge is -2.14. The van der Waals surface area contributed by atoms with Gasteiger partial charge in [0.05, 0.1) is 12.5 Å². The van der Waals surface area contributed by atoms with E-state index in [0.717, 1.165) is 6.92 Å². The van der Waals surface area contributed by atoms with Gasteiger partial charge in [0, 0.05) is 0 Å². The summed E-state index contributed by atoms with van der Waals surface area (Å²) in [5, 5.41) is 0. The fourth-order valence-electron chi connectivity index (χ4n) is 0.273. The standard InChI is InChI=1S/C4H8F3O3P/c1-3(4(5,6)7)2-10-11(8)9/h3,8-9H,2H2,1H3. The largest absolute Gasteiger partial charge is 0.393 e. The van der Waals surface area contributed by atoms with Crippen LogP contribution in [-0.2, 0) is 4.52 Å². The first-order valence-corrected chi connectivity index (χ1v) is 3.88. The van der Waals surface area contributed by atoms with Crippen molar-refractivity contribution in [3.05, 3.63) is 0 Å². The second kappa shape index (κ2) is 4.21. The van der Waals surface area contributed by atoms with Crippen LogP contribution in [0.4, 0.5) is 13.2 Å². The average molecular weight is 192 g/mol. The molecule has 68 valence electrons. The number of hydrogen-bond donors (Lipinski definition) is 2. The maximum Gasteiger partial charge on any atom is 0.393 e. The molecule has 3 nitrogen and oxygen atoms in total. The van der Waals surface area contributed by atoms with Crippen LogP contribution in [0.1, 0.15) is 6.92 Å². The third kappa shape index (κ3) is 5.38. The van der Waals surface area contributed by atoms with E-state index in [9.17, 15) is 13.2 Å². The number of halogens is 3. The van der Waals surface area contributed by atoms with Crippen LogP contribution < -0.4 is 0 Å². The molecule has 0 saturated carbocycles. The van der Waals surface area contributed by atoms with E-state index < -0.39 is 27.3 Å². The Hall–Kier alpha value is 0.100. The first kappa shape index (κ1) is 11.1. The highest BCUT2D eigenvalue weighted by atomic mass is 31.2.